The van der Waals surface area contributed by atoms with Crippen LogP contribution in [0.2, 0.25) is 12.1 Å². The Hall–Kier alpha value is -3.92. The number of allylic oxidation sites excluding steroid dienone is 9. The van der Waals surface area contributed by atoms with Crippen molar-refractivity contribution in [1.29, 1.82) is 0 Å². The van der Waals surface area contributed by atoms with Gasteiger partial charge in [0, 0.05) is 38.0 Å². The van der Waals surface area contributed by atoms with E-state index in [0.717, 1.165) is 6.42 Å². The van der Waals surface area contributed by atoms with Gasteiger partial charge in [-0.15, -0.1) is 11.3 Å². The Bertz CT molecular complexity index is 2120. The van der Waals surface area contributed by atoms with E-state index in [0.29, 0.717) is 17.4 Å². The van der Waals surface area contributed by atoms with Crippen molar-refractivity contribution in [2.75, 3.05) is 4.90 Å². The molecule has 46 heavy (non-hydrogen) atoms. The van der Waals surface area contributed by atoms with Gasteiger partial charge in [0.05, 0.1) is 8.80 Å². The van der Waals surface area contributed by atoms with Crippen LogP contribution in [0.3, 0.4) is 0 Å². The lowest BCUT2D eigenvalue weighted by atomic mass is 9.72. The van der Waals surface area contributed by atoms with Crippen LogP contribution in [0.5, 0.6) is 0 Å². The normalized spacial score (nSPS) is 23.8. The molecule has 0 spiro atoms. The fourth-order valence-electron chi connectivity index (χ4n) is 9.39. The molecule has 1 aliphatic heterocycles. The highest BCUT2D eigenvalue weighted by atomic mass is 32.1. The lowest BCUT2D eigenvalue weighted by Crippen LogP contribution is -2.30. The number of hydrogen-bond acceptors (Lipinski definition) is 2. The van der Waals surface area contributed by atoms with Gasteiger partial charge >= 0.3 is 0 Å². The molecule has 5 aliphatic carbocycles. The van der Waals surface area contributed by atoms with Crippen LogP contribution in [0.4, 0.5) is 5.69 Å². The summed E-state index contributed by atoms with van der Waals surface area (Å²) in [5, 5.41) is 3.15. The van der Waals surface area contributed by atoms with Gasteiger partial charge in [-0.05, 0) is 120 Å². The quantitative estimate of drug-likeness (QED) is 0.204. The van der Waals surface area contributed by atoms with Crippen LogP contribution in [0.1, 0.15) is 69.9 Å². The Morgan fingerprint density at radius 2 is 1.74 bits per heavy atom. The Morgan fingerprint density at radius 1 is 0.848 bits per heavy atom. The van der Waals surface area contributed by atoms with Gasteiger partial charge in [-0.2, -0.15) is 0 Å². The molecule has 3 aromatic carbocycles. The van der Waals surface area contributed by atoms with Gasteiger partial charge in [-0.1, -0.05) is 96.7 Å². The van der Waals surface area contributed by atoms with Crippen molar-refractivity contribution in [3.05, 3.63) is 147 Å². The number of fused-ring (bicyclic) bond motifs is 12. The second-order valence-corrected chi connectivity index (χ2v) is 17.6. The van der Waals surface area contributed by atoms with E-state index >= 15 is 0 Å². The van der Waals surface area contributed by atoms with Crippen LogP contribution in [-0.4, -0.2) is 8.80 Å². The monoisotopic (exact) mass is 628 g/mol. The number of hydrogen-bond donors (Lipinski definition) is 0. The zero-order chi connectivity index (χ0) is 30.4. The van der Waals surface area contributed by atoms with E-state index in [1.54, 1.807) is 37.0 Å². The predicted octanol–water partition coefficient (Wildman–Crippen LogP) is 10.5. The molecule has 1 aromatic heterocycles. The maximum Gasteiger partial charge on any atom is 0.0910 e. The number of nitrogens with zero attached hydrogens (tertiary/aromatic N) is 1. The summed E-state index contributed by atoms with van der Waals surface area (Å²) in [5.41, 5.74) is 15.5. The van der Waals surface area contributed by atoms with Gasteiger partial charge in [0.15, 0.2) is 0 Å². The molecule has 0 saturated heterocycles. The van der Waals surface area contributed by atoms with Crippen molar-refractivity contribution in [2.45, 2.75) is 63.0 Å². The molecule has 10 rings (SSSR count). The first-order valence-electron chi connectivity index (χ1n) is 17.3. The summed E-state index contributed by atoms with van der Waals surface area (Å²) in [6.07, 6.45) is 30.3. The fraction of sp³-hybridized carbons (Fsp3) is 0.256. The third kappa shape index (κ3) is 4.04. The fourth-order valence-corrected chi connectivity index (χ4v) is 13.5. The smallest absolute Gasteiger partial charge is 0.0910 e. The van der Waals surface area contributed by atoms with Gasteiger partial charge in [0.2, 0.25) is 0 Å². The van der Waals surface area contributed by atoms with E-state index < -0.39 is 8.80 Å². The summed E-state index contributed by atoms with van der Waals surface area (Å²) in [6, 6.07) is 20.9. The average molecular weight is 629 g/mol. The Balaban J connectivity index is 1.04. The summed E-state index contributed by atoms with van der Waals surface area (Å²) in [4.78, 5) is 4.18. The number of benzene rings is 3. The largest absolute Gasteiger partial charge is 0.315 e. The van der Waals surface area contributed by atoms with Gasteiger partial charge in [0.1, 0.15) is 0 Å². The van der Waals surface area contributed by atoms with Crippen LogP contribution in [0, 0.1) is 5.92 Å². The molecule has 3 unspecified atom stereocenters. The van der Waals surface area contributed by atoms with Crippen LogP contribution in [0.25, 0.3) is 27.8 Å². The Kier molecular flexibility index (Phi) is 6.24. The maximum absolute atomic E-state index is 2.67. The zero-order valence-corrected chi connectivity index (χ0v) is 28.2. The van der Waals surface area contributed by atoms with E-state index in [4.69, 9.17) is 0 Å². The van der Waals surface area contributed by atoms with Gasteiger partial charge < -0.3 is 4.90 Å². The second-order valence-electron chi connectivity index (χ2n) is 14.0. The van der Waals surface area contributed by atoms with E-state index in [1.165, 1.54) is 77.7 Å². The number of para-hydroxylation sites is 1. The maximum atomic E-state index is 2.67. The molecule has 4 aromatic rings. The lowest BCUT2D eigenvalue weighted by Gasteiger charge is -2.38. The van der Waals surface area contributed by atoms with Crippen molar-refractivity contribution < 1.29 is 0 Å². The molecule has 0 saturated carbocycles. The number of aryl methyl sites for hydroxylation is 1. The van der Waals surface area contributed by atoms with E-state index in [1.807, 2.05) is 0 Å². The predicted molar refractivity (Wildman–Crippen MR) is 199 cm³/mol. The van der Waals surface area contributed by atoms with Gasteiger partial charge in [-0.25, -0.2) is 0 Å². The minimum atomic E-state index is -0.742. The van der Waals surface area contributed by atoms with Gasteiger partial charge in [-0.3, -0.25) is 0 Å². The summed E-state index contributed by atoms with van der Waals surface area (Å²) in [7, 11) is -0.742. The zero-order valence-electron chi connectivity index (χ0n) is 26.4. The Morgan fingerprint density at radius 3 is 2.67 bits per heavy atom. The molecule has 1 radical (unpaired) electrons. The first-order valence-corrected chi connectivity index (χ1v) is 20.2. The molecular weight excluding hydrogens is 591 g/mol. The molecular formula is C43H38NSSi. The van der Waals surface area contributed by atoms with Crippen LogP contribution < -0.4 is 10.1 Å². The third-order valence-corrected chi connectivity index (χ3v) is 15.7. The lowest BCUT2D eigenvalue weighted by molar-refractivity contribution is 0.570. The van der Waals surface area contributed by atoms with E-state index in [9.17, 15) is 0 Å². The molecule has 3 atom stereocenters. The van der Waals surface area contributed by atoms with Crippen molar-refractivity contribution in [1.82, 2.24) is 0 Å². The summed E-state index contributed by atoms with van der Waals surface area (Å²) < 4.78 is 1.56. The van der Waals surface area contributed by atoms with Crippen LogP contribution in [-0.2, 0) is 19.3 Å². The van der Waals surface area contributed by atoms with Crippen molar-refractivity contribution in [3.8, 4) is 0 Å². The third-order valence-electron chi connectivity index (χ3n) is 11.6. The SMILES string of the molecule is C[Si]1c2ccc3c4c(sc3c2C2C=CC(N(C3=CC=C5c6ccc7c(c6CCC5C3)CCC=C7)c3ccccc3)=CC21)CCC=C4. The molecule has 3 heteroatoms. The highest BCUT2D eigenvalue weighted by Gasteiger charge is 2.41. The number of thiophene rings is 1. The summed E-state index contributed by atoms with van der Waals surface area (Å²) >= 11 is 2.08. The number of anilines is 1. The molecule has 1 nitrogen and oxygen atoms in total. The molecule has 0 amide bonds. The minimum absolute atomic E-state index is 0.491. The topological polar surface area (TPSA) is 3.24 Å². The van der Waals surface area contributed by atoms with Gasteiger partial charge in [0.25, 0.3) is 0 Å². The molecule has 2 heterocycles. The second kappa shape index (κ2) is 10.6. The molecule has 6 aliphatic rings. The van der Waals surface area contributed by atoms with Crippen LogP contribution >= 0.6 is 11.3 Å². The highest BCUT2D eigenvalue weighted by Crippen LogP contribution is 2.51. The van der Waals surface area contributed by atoms with E-state index in [-0.39, 0.29) is 0 Å². The number of rotatable bonds is 3. The molecule has 0 N–H and O–H groups in total. The van der Waals surface area contributed by atoms with Crippen LogP contribution in [0.15, 0.2) is 109 Å². The standard InChI is InChI=1S/C43H38NSSi/c1-46-40-24-23-37-36-13-7-8-14-39(36)45-43(37)42(40)38-22-18-31(26-41(38)46)44(29-10-3-2-4-11-29)30-17-21-33-28(25-30)16-20-34-32-12-6-5-9-27(32)15-19-35(33)34/h2-5,7,9-11,13,15,17-19,21-24,26,28,38,41H,6,8,12,14,16,20,25H2,1H3. The minimum Gasteiger partial charge on any atom is -0.315 e. The van der Waals surface area contributed by atoms with Crippen molar-refractivity contribution in [2.24, 2.45) is 5.92 Å². The summed E-state index contributed by atoms with van der Waals surface area (Å²) in [5.74, 6) is 1.07. The highest BCUT2D eigenvalue weighted by molar-refractivity contribution is 7.19. The average Bonchev–Trinajstić information content (AvgIpc) is 3.63. The van der Waals surface area contributed by atoms with Crippen molar-refractivity contribution >= 4 is 58.8 Å². The van der Waals surface area contributed by atoms with E-state index in [2.05, 4.69) is 132 Å². The first kappa shape index (κ1) is 27.2. The first-order chi connectivity index (χ1) is 22.7. The Labute approximate surface area is 278 Å². The molecule has 0 bridgehead atoms. The molecule has 0 fully saturated rings. The molecule has 225 valence electrons. The van der Waals surface area contributed by atoms with Crippen molar-refractivity contribution in [3.63, 3.8) is 0 Å². The summed E-state index contributed by atoms with van der Waals surface area (Å²) in [6.45, 7) is 2.57.